The van der Waals surface area contributed by atoms with Gasteiger partial charge in [-0.05, 0) is 84.0 Å². The summed E-state index contributed by atoms with van der Waals surface area (Å²) in [6, 6.07) is 9.45. The van der Waals surface area contributed by atoms with Crippen molar-refractivity contribution < 1.29 is 9.90 Å². The van der Waals surface area contributed by atoms with Gasteiger partial charge in [-0.15, -0.1) is 0 Å². The first-order chi connectivity index (χ1) is 14.5. The minimum atomic E-state index is -0.747. The van der Waals surface area contributed by atoms with E-state index >= 15 is 0 Å². The lowest BCUT2D eigenvalue weighted by molar-refractivity contribution is -0.136. The minimum Gasteiger partial charge on any atom is -0.481 e. The molecule has 1 heterocycles. The standard InChI is InChI=1S/C27H35NO2/c1-4-20-10-12-21(13-11-20)27-19(3)25-17-28(22-8-6-5-7-9-22)15-14-23(25)18(2)24(27)16-26(29)30/h10-13,22H,4-9,14-17H2,1-3H3,(H,29,30). The Morgan fingerprint density at radius 1 is 1.03 bits per heavy atom. The first-order valence-corrected chi connectivity index (χ1v) is 11.7. The summed E-state index contributed by atoms with van der Waals surface area (Å²) in [7, 11) is 0. The predicted molar refractivity (Wildman–Crippen MR) is 123 cm³/mol. The van der Waals surface area contributed by atoms with Crippen molar-refractivity contribution in [2.45, 2.75) is 84.7 Å². The van der Waals surface area contributed by atoms with E-state index in [-0.39, 0.29) is 6.42 Å². The molecule has 1 aliphatic heterocycles. The number of aryl methyl sites for hydroxylation is 1. The zero-order valence-corrected chi connectivity index (χ0v) is 18.8. The summed E-state index contributed by atoms with van der Waals surface area (Å²) in [6.45, 7) is 8.65. The molecule has 3 nitrogen and oxygen atoms in total. The number of aliphatic carboxylic acids is 1. The average Bonchev–Trinajstić information content (AvgIpc) is 2.77. The smallest absolute Gasteiger partial charge is 0.307 e. The SMILES string of the molecule is CCc1ccc(-c2c(C)c3c(c(C)c2CC(=O)O)CCN(C2CCCCC2)C3)cc1. The summed E-state index contributed by atoms with van der Waals surface area (Å²) < 4.78 is 0. The molecule has 0 radical (unpaired) electrons. The van der Waals surface area contributed by atoms with Crippen LogP contribution in [-0.2, 0) is 30.6 Å². The van der Waals surface area contributed by atoms with E-state index in [2.05, 4.69) is 49.9 Å². The van der Waals surface area contributed by atoms with Gasteiger partial charge in [0.25, 0.3) is 0 Å². The van der Waals surface area contributed by atoms with E-state index in [4.69, 9.17) is 0 Å². The van der Waals surface area contributed by atoms with E-state index < -0.39 is 5.97 Å². The number of benzene rings is 2. The molecule has 1 aliphatic carbocycles. The van der Waals surface area contributed by atoms with Crippen molar-refractivity contribution in [1.82, 2.24) is 4.90 Å². The van der Waals surface area contributed by atoms with Gasteiger partial charge in [-0.1, -0.05) is 50.5 Å². The molecule has 0 atom stereocenters. The van der Waals surface area contributed by atoms with E-state index in [0.717, 1.165) is 48.7 Å². The number of hydrogen-bond acceptors (Lipinski definition) is 2. The van der Waals surface area contributed by atoms with E-state index in [1.807, 2.05) is 0 Å². The maximum Gasteiger partial charge on any atom is 0.307 e. The third-order valence-corrected chi connectivity index (χ3v) is 7.48. The van der Waals surface area contributed by atoms with E-state index in [1.54, 1.807) is 0 Å². The number of fused-ring (bicyclic) bond motifs is 1. The van der Waals surface area contributed by atoms with Crippen LogP contribution in [0.1, 0.15) is 72.4 Å². The molecule has 2 aromatic rings. The lowest BCUT2D eigenvalue weighted by Gasteiger charge is -2.39. The zero-order valence-electron chi connectivity index (χ0n) is 18.8. The van der Waals surface area contributed by atoms with Crippen LogP contribution in [0.25, 0.3) is 11.1 Å². The van der Waals surface area contributed by atoms with Crippen LogP contribution >= 0.6 is 0 Å². The lowest BCUT2D eigenvalue weighted by Crippen LogP contribution is -2.41. The number of carboxylic acid groups (broad SMARTS) is 1. The van der Waals surface area contributed by atoms with Crippen LogP contribution in [0.15, 0.2) is 24.3 Å². The second kappa shape index (κ2) is 8.93. The first-order valence-electron chi connectivity index (χ1n) is 11.7. The molecule has 1 N–H and O–H groups in total. The highest BCUT2D eigenvalue weighted by Crippen LogP contribution is 2.39. The fourth-order valence-corrected chi connectivity index (χ4v) is 5.72. The summed E-state index contributed by atoms with van der Waals surface area (Å²) in [6.07, 6.45) is 8.91. The Bertz CT molecular complexity index is 923. The van der Waals surface area contributed by atoms with Gasteiger partial charge in [0.15, 0.2) is 0 Å². The van der Waals surface area contributed by atoms with Gasteiger partial charge in [-0.25, -0.2) is 0 Å². The molecular weight excluding hydrogens is 370 g/mol. The molecule has 1 fully saturated rings. The van der Waals surface area contributed by atoms with Gasteiger partial charge in [0.2, 0.25) is 0 Å². The third kappa shape index (κ3) is 4.05. The third-order valence-electron chi connectivity index (χ3n) is 7.48. The quantitative estimate of drug-likeness (QED) is 0.678. The van der Waals surface area contributed by atoms with Crippen molar-refractivity contribution in [3.63, 3.8) is 0 Å². The molecule has 0 spiro atoms. The van der Waals surface area contributed by atoms with Gasteiger partial charge in [-0.3, -0.25) is 9.69 Å². The van der Waals surface area contributed by atoms with Crippen molar-refractivity contribution in [2.24, 2.45) is 0 Å². The highest BCUT2D eigenvalue weighted by atomic mass is 16.4. The minimum absolute atomic E-state index is 0.0944. The van der Waals surface area contributed by atoms with Crippen LogP contribution in [0.3, 0.4) is 0 Å². The molecule has 4 rings (SSSR count). The highest BCUT2D eigenvalue weighted by Gasteiger charge is 2.29. The van der Waals surface area contributed by atoms with Crippen LogP contribution in [0.4, 0.5) is 0 Å². The van der Waals surface area contributed by atoms with Crippen molar-refractivity contribution in [3.05, 3.63) is 57.6 Å². The lowest BCUT2D eigenvalue weighted by atomic mass is 9.80. The van der Waals surface area contributed by atoms with Gasteiger partial charge in [0, 0.05) is 19.1 Å². The fourth-order valence-electron chi connectivity index (χ4n) is 5.72. The van der Waals surface area contributed by atoms with Gasteiger partial charge in [0.05, 0.1) is 6.42 Å². The van der Waals surface area contributed by atoms with Crippen molar-refractivity contribution in [2.75, 3.05) is 6.54 Å². The summed E-state index contributed by atoms with van der Waals surface area (Å²) >= 11 is 0. The summed E-state index contributed by atoms with van der Waals surface area (Å²) in [5, 5.41) is 9.64. The van der Waals surface area contributed by atoms with Crippen LogP contribution in [-0.4, -0.2) is 28.6 Å². The molecule has 2 aromatic carbocycles. The number of carbonyl (C=O) groups is 1. The molecule has 0 amide bonds. The number of hydrogen-bond donors (Lipinski definition) is 1. The van der Waals surface area contributed by atoms with Gasteiger partial charge < -0.3 is 5.11 Å². The van der Waals surface area contributed by atoms with Gasteiger partial charge >= 0.3 is 5.97 Å². The Balaban J connectivity index is 1.80. The molecule has 0 saturated heterocycles. The Hall–Kier alpha value is -2.13. The molecule has 2 aliphatic rings. The van der Waals surface area contributed by atoms with Crippen LogP contribution in [0, 0.1) is 13.8 Å². The summed E-state index contributed by atoms with van der Waals surface area (Å²) in [4.78, 5) is 14.4. The highest BCUT2D eigenvalue weighted by molar-refractivity contribution is 5.81. The monoisotopic (exact) mass is 405 g/mol. The first kappa shape index (κ1) is 21.1. The van der Waals surface area contributed by atoms with Crippen molar-refractivity contribution in [1.29, 1.82) is 0 Å². The Morgan fingerprint density at radius 2 is 1.73 bits per heavy atom. The van der Waals surface area contributed by atoms with Crippen LogP contribution in [0.2, 0.25) is 0 Å². The van der Waals surface area contributed by atoms with E-state index in [0.29, 0.717) is 0 Å². The van der Waals surface area contributed by atoms with Crippen LogP contribution in [0.5, 0.6) is 0 Å². The zero-order chi connectivity index (χ0) is 21.3. The molecule has 0 unspecified atom stereocenters. The summed E-state index contributed by atoms with van der Waals surface area (Å²) in [5.41, 5.74) is 9.98. The molecule has 0 aromatic heterocycles. The molecule has 3 heteroatoms. The summed E-state index contributed by atoms with van der Waals surface area (Å²) in [5.74, 6) is -0.747. The molecular formula is C27H35NO2. The second-order valence-electron chi connectivity index (χ2n) is 9.19. The maximum atomic E-state index is 11.7. The van der Waals surface area contributed by atoms with Crippen molar-refractivity contribution >= 4 is 5.97 Å². The number of carboxylic acids is 1. The van der Waals surface area contributed by atoms with Gasteiger partial charge in [0.1, 0.15) is 0 Å². The molecule has 160 valence electrons. The Morgan fingerprint density at radius 3 is 2.37 bits per heavy atom. The second-order valence-corrected chi connectivity index (χ2v) is 9.19. The largest absolute Gasteiger partial charge is 0.481 e. The maximum absolute atomic E-state index is 11.7. The predicted octanol–water partition coefficient (Wildman–Crippen LogP) is 5.85. The normalized spacial score (nSPS) is 17.7. The topological polar surface area (TPSA) is 40.5 Å². The van der Waals surface area contributed by atoms with Gasteiger partial charge in [-0.2, -0.15) is 0 Å². The Kier molecular flexibility index (Phi) is 6.29. The fraction of sp³-hybridized carbons (Fsp3) is 0.519. The number of nitrogens with zero attached hydrogens (tertiary/aromatic N) is 1. The molecule has 30 heavy (non-hydrogen) atoms. The van der Waals surface area contributed by atoms with Crippen LogP contribution < -0.4 is 0 Å². The Labute approximate surface area is 181 Å². The molecule has 1 saturated carbocycles. The van der Waals surface area contributed by atoms with Crippen molar-refractivity contribution in [3.8, 4) is 11.1 Å². The average molecular weight is 406 g/mol. The number of rotatable bonds is 5. The van der Waals surface area contributed by atoms with E-state index in [9.17, 15) is 9.90 Å². The molecule has 0 bridgehead atoms. The van der Waals surface area contributed by atoms with E-state index in [1.165, 1.54) is 59.9 Å².